The van der Waals surface area contributed by atoms with Crippen LogP contribution < -0.4 is 26.0 Å². The Morgan fingerprint density at radius 1 is 1.13 bits per heavy atom. The molecule has 3 aromatic rings. The number of anilines is 3. The predicted octanol–water partition coefficient (Wildman–Crippen LogP) is 5.95. The van der Waals surface area contributed by atoms with E-state index in [1.165, 1.54) is 28.1 Å². The van der Waals surface area contributed by atoms with E-state index in [0.717, 1.165) is 56.6 Å². The number of methoxy groups -OCH3 is 2. The van der Waals surface area contributed by atoms with Crippen molar-refractivity contribution in [1.82, 2.24) is 9.47 Å². The first-order valence-corrected chi connectivity index (χ1v) is 16.1. The Morgan fingerprint density at radius 2 is 1.91 bits per heavy atom. The van der Waals surface area contributed by atoms with E-state index in [9.17, 15) is 4.79 Å². The van der Waals surface area contributed by atoms with Gasteiger partial charge < -0.3 is 40.2 Å². The first kappa shape index (κ1) is 34.6. The monoisotopic (exact) mass is 629 g/mol. The molecular weight excluding hydrogens is 578 g/mol. The largest absolute Gasteiger partial charge is 0.494 e. The molecule has 2 unspecified atom stereocenters. The van der Waals surface area contributed by atoms with E-state index in [4.69, 9.17) is 20.2 Å². The molecule has 46 heavy (non-hydrogen) atoms. The average Bonchev–Trinajstić information content (AvgIpc) is 3.42. The lowest BCUT2D eigenvalue weighted by Crippen LogP contribution is -2.29. The molecule has 4 rings (SSSR count). The van der Waals surface area contributed by atoms with Crippen LogP contribution in [-0.4, -0.2) is 75.9 Å². The van der Waals surface area contributed by atoms with E-state index in [2.05, 4.69) is 69.8 Å². The topological polar surface area (TPSA) is 109 Å². The van der Waals surface area contributed by atoms with Crippen molar-refractivity contribution in [2.45, 2.75) is 58.1 Å². The van der Waals surface area contributed by atoms with E-state index >= 15 is 0 Å². The fourth-order valence-electron chi connectivity index (χ4n) is 6.35. The van der Waals surface area contributed by atoms with Gasteiger partial charge in [-0.15, -0.1) is 0 Å². The van der Waals surface area contributed by atoms with Crippen molar-refractivity contribution in [2.24, 2.45) is 10.7 Å². The van der Waals surface area contributed by atoms with Crippen molar-refractivity contribution in [3.8, 4) is 5.75 Å². The van der Waals surface area contributed by atoms with Crippen LogP contribution in [0.15, 0.2) is 65.9 Å². The summed E-state index contributed by atoms with van der Waals surface area (Å²) >= 11 is 0. The van der Waals surface area contributed by atoms with Crippen LogP contribution in [0.1, 0.15) is 50.2 Å². The van der Waals surface area contributed by atoms with Crippen LogP contribution in [0, 0.1) is 0 Å². The molecule has 2 aromatic carbocycles. The highest BCUT2D eigenvalue weighted by Gasteiger charge is 2.27. The zero-order chi connectivity index (χ0) is 33.4. The third-order valence-corrected chi connectivity index (χ3v) is 8.74. The SMILES string of the molecule is C=CC(=O)Nc1cc(NC(N)=N/C=C(/C(CC)OC)C(CC)c2cn3c4c(cccc24)CCC3)c(OC)cc1N(C)CCN(C)C. The number of aromatic nitrogens is 1. The van der Waals surface area contributed by atoms with Gasteiger partial charge in [-0.2, -0.15) is 0 Å². The highest BCUT2D eigenvalue weighted by molar-refractivity contribution is 6.03. The van der Waals surface area contributed by atoms with Gasteiger partial charge in [0, 0.05) is 63.6 Å². The van der Waals surface area contributed by atoms with Crippen molar-refractivity contribution >= 4 is 39.8 Å². The van der Waals surface area contributed by atoms with Gasteiger partial charge in [-0.1, -0.05) is 38.6 Å². The maximum Gasteiger partial charge on any atom is 0.247 e. The summed E-state index contributed by atoms with van der Waals surface area (Å²) in [7, 11) is 9.37. The molecule has 4 N–H and O–H groups in total. The second-order valence-corrected chi connectivity index (χ2v) is 12.0. The maximum atomic E-state index is 12.4. The Kier molecular flexibility index (Phi) is 11.9. The van der Waals surface area contributed by atoms with E-state index < -0.39 is 0 Å². The molecule has 10 heteroatoms. The van der Waals surface area contributed by atoms with Gasteiger partial charge in [-0.25, -0.2) is 4.99 Å². The Hall–Kier alpha value is -4.28. The van der Waals surface area contributed by atoms with Crippen LogP contribution in [-0.2, 0) is 22.5 Å². The summed E-state index contributed by atoms with van der Waals surface area (Å²) in [6, 6.07) is 10.3. The van der Waals surface area contributed by atoms with Gasteiger partial charge in [0.15, 0.2) is 5.96 Å². The number of nitrogens with zero attached hydrogens (tertiary/aromatic N) is 4. The Labute approximate surface area is 273 Å². The fraction of sp³-hybridized carbons (Fsp3) is 0.444. The van der Waals surface area contributed by atoms with Crippen molar-refractivity contribution in [3.05, 3.63) is 72.1 Å². The fourth-order valence-corrected chi connectivity index (χ4v) is 6.35. The number of carbonyl (C=O) groups excluding carboxylic acids is 1. The van der Waals surface area contributed by atoms with Crippen LogP contribution in [0.2, 0.25) is 0 Å². The van der Waals surface area contributed by atoms with Crippen molar-refractivity contribution in [3.63, 3.8) is 0 Å². The van der Waals surface area contributed by atoms with Crippen LogP contribution in [0.25, 0.3) is 10.9 Å². The molecule has 0 spiro atoms. The molecule has 2 heterocycles. The zero-order valence-corrected chi connectivity index (χ0v) is 28.5. The average molecular weight is 630 g/mol. The number of hydrogen-bond donors (Lipinski definition) is 3. The molecule has 1 amide bonds. The zero-order valence-electron chi connectivity index (χ0n) is 28.5. The van der Waals surface area contributed by atoms with Crippen LogP contribution in [0.4, 0.5) is 17.1 Å². The van der Waals surface area contributed by atoms with Gasteiger partial charge in [-0.3, -0.25) is 4.79 Å². The quantitative estimate of drug-likeness (QED) is 0.108. The molecule has 0 fully saturated rings. The molecule has 2 atom stereocenters. The smallest absolute Gasteiger partial charge is 0.247 e. The van der Waals surface area contributed by atoms with Crippen LogP contribution in [0.5, 0.6) is 5.75 Å². The van der Waals surface area contributed by atoms with E-state index in [1.54, 1.807) is 14.2 Å². The van der Waals surface area contributed by atoms with E-state index in [-0.39, 0.29) is 23.9 Å². The number of guanidine groups is 1. The highest BCUT2D eigenvalue weighted by Crippen LogP contribution is 2.40. The molecular formula is C36H51N7O3. The molecule has 0 aliphatic carbocycles. The van der Waals surface area contributed by atoms with Gasteiger partial charge in [0.05, 0.1) is 35.8 Å². The Balaban J connectivity index is 1.72. The minimum Gasteiger partial charge on any atom is -0.494 e. The van der Waals surface area contributed by atoms with Crippen molar-refractivity contribution in [1.29, 1.82) is 0 Å². The van der Waals surface area contributed by atoms with Gasteiger partial charge >= 0.3 is 0 Å². The van der Waals surface area contributed by atoms with Gasteiger partial charge in [0.2, 0.25) is 5.91 Å². The third kappa shape index (κ3) is 7.74. The number of benzene rings is 2. The molecule has 0 radical (unpaired) electrons. The van der Waals surface area contributed by atoms with Gasteiger partial charge in [0.25, 0.3) is 0 Å². The number of amides is 1. The van der Waals surface area contributed by atoms with Gasteiger partial charge in [-0.05, 0) is 68.6 Å². The molecule has 0 saturated carbocycles. The highest BCUT2D eigenvalue weighted by atomic mass is 16.5. The number of ether oxygens (including phenoxy) is 2. The summed E-state index contributed by atoms with van der Waals surface area (Å²) in [5.41, 5.74) is 13.6. The minimum absolute atomic E-state index is 0.103. The maximum absolute atomic E-state index is 12.4. The number of aliphatic imine (C=N–C) groups is 1. The lowest BCUT2D eigenvalue weighted by atomic mass is 9.85. The number of likely N-dealkylation sites (N-methyl/N-ethyl adjacent to an activating group) is 2. The Bertz CT molecular complexity index is 1590. The number of para-hydroxylation sites is 1. The molecule has 248 valence electrons. The number of hydrogen-bond acceptors (Lipinski definition) is 6. The van der Waals surface area contributed by atoms with Gasteiger partial charge in [0.1, 0.15) is 5.75 Å². The lowest BCUT2D eigenvalue weighted by molar-refractivity contribution is -0.111. The second kappa shape index (κ2) is 15.8. The molecule has 1 aliphatic rings. The first-order chi connectivity index (χ1) is 22.1. The standard InChI is InChI=1S/C36H51N7O3/c1-9-25(28-23-43-17-13-15-24-14-12-16-26(28)35(24)43)27(32(10-2)45-7)22-38-36(37)40-30-20-29(39-34(44)11-3)31(21-33(30)46-8)42(6)19-18-41(4)5/h11-12,14,16,20-23,25,32H,3,9-10,13,15,17-19H2,1-2,4-8H3,(H,39,44)(H3,37,38,40)/b27-22+. The Morgan fingerprint density at radius 3 is 2.57 bits per heavy atom. The molecule has 1 aromatic heterocycles. The summed E-state index contributed by atoms with van der Waals surface area (Å²) in [6.07, 6.45) is 9.25. The summed E-state index contributed by atoms with van der Waals surface area (Å²) < 4.78 is 14.1. The van der Waals surface area contributed by atoms with Crippen molar-refractivity contribution < 1.29 is 14.3 Å². The molecule has 10 nitrogen and oxygen atoms in total. The normalized spacial score (nSPS) is 14.7. The van der Waals surface area contributed by atoms with Crippen LogP contribution in [0.3, 0.4) is 0 Å². The number of aryl methyl sites for hydroxylation is 2. The molecule has 1 aliphatic heterocycles. The lowest BCUT2D eigenvalue weighted by Gasteiger charge is -2.26. The number of rotatable bonds is 15. The van der Waals surface area contributed by atoms with E-state index in [1.807, 2.05) is 39.5 Å². The summed E-state index contributed by atoms with van der Waals surface area (Å²) in [5, 5.41) is 7.43. The van der Waals surface area contributed by atoms with Crippen LogP contribution >= 0.6 is 0 Å². The predicted molar refractivity (Wildman–Crippen MR) is 191 cm³/mol. The summed E-state index contributed by atoms with van der Waals surface area (Å²) in [4.78, 5) is 21.3. The summed E-state index contributed by atoms with van der Waals surface area (Å²) in [6.45, 7) is 10.5. The minimum atomic E-state index is -0.313. The molecule has 0 saturated heterocycles. The number of nitrogens with one attached hydrogen (secondary N) is 2. The van der Waals surface area contributed by atoms with E-state index in [0.29, 0.717) is 17.1 Å². The number of nitrogens with two attached hydrogens (primary N) is 1. The second-order valence-electron chi connectivity index (χ2n) is 12.0. The van der Waals surface area contributed by atoms with Crippen molar-refractivity contribution in [2.75, 3.05) is 64.0 Å². The summed E-state index contributed by atoms with van der Waals surface area (Å²) in [5.74, 6) is 0.543. The first-order valence-electron chi connectivity index (χ1n) is 16.1. The number of carbonyl (C=O) groups is 1. The molecule has 0 bridgehead atoms. The third-order valence-electron chi connectivity index (χ3n) is 8.74.